The van der Waals surface area contributed by atoms with Crippen molar-refractivity contribution in [3.8, 4) is 0 Å². The van der Waals surface area contributed by atoms with Crippen molar-refractivity contribution >= 4 is 21.8 Å². The van der Waals surface area contributed by atoms with Crippen LogP contribution in [0.25, 0.3) is 0 Å². The third kappa shape index (κ3) is 5.79. The molecule has 1 N–H and O–H groups in total. The smallest absolute Gasteiger partial charge is 0.252 e. The lowest BCUT2D eigenvalue weighted by Gasteiger charge is -2.04. The van der Waals surface area contributed by atoms with Crippen molar-refractivity contribution in [2.24, 2.45) is 0 Å². The Kier molecular flexibility index (Phi) is 6.81. The predicted molar refractivity (Wildman–Crippen MR) is 70.0 cm³/mol. The van der Waals surface area contributed by atoms with Crippen LogP contribution in [0.2, 0.25) is 0 Å². The molecule has 0 aliphatic heterocycles. The van der Waals surface area contributed by atoms with Gasteiger partial charge in [-0.3, -0.25) is 4.79 Å². The van der Waals surface area contributed by atoms with Gasteiger partial charge in [0.2, 0.25) is 0 Å². The molecule has 0 aliphatic rings. The highest BCUT2D eigenvalue weighted by atomic mass is 79.9. The summed E-state index contributed by atoms with van der Waals surface area (Å²) in [5.41, 5.74) is 0.588. The van der Waals surface area contributed by atoms with Crippen LogP contribution in [0.15, 0.2) is 22.9 Å². The van der Waals surface area contributed by atoms with Crippen LogP contribution in [-0.2, 0) is 4.74 Å². The standard InChI is InChI=1S/C12H17BrN2O2/c1-17-8-4-2-3-7-14-12(16)10-5-6-11(13)15-9-10/h5-6,9H,2-4,7-8H2,1H3,(H,14,16). The topological polar surface area (TPSA) is 51.2 Å². The van der Waals surface area contributed by atoms with Crippen molar-refractivity contribution in [3.05, 3.63) is 28.5 Å². The Morgan fingerprint density at radius 1 is 1.41 bits per heavy atom. The van der Waals surface area contributed by atoms with Crippen molar-refractivity contribution in [1.29, 1.82) is 0 Å². The van der Waals surface area contributed by atoms with Gasteiger partial charge in [-0.15, -0.1) is 0 Å². The summed E-state index contributed by atoms with van der Waals surface area (Å²) in [5, 5.41) is 2.86. The number of hydrogen-bond acceptors (Lipinski definition) is 3. The van der Waals surface area contributed by atoms with Gasteiger partial charge in [-0.2, -0.15) is 0 Å². The average Bonchev–Trinajstić information content (AvgIpc) is 2.34. The van der Waals surface area contributed by atoms with Crippen molar-refractivity contribution in [1.82, 2.24) is 10.3 Å². The molecule has 0 spiro atoms. The highest BCUT2D eigenvalue weighted by Gasteiger charge is 2.04. The van der Waals surface area contributed by atoms with Gasteiger partial charge in [0, 0.05) is 26.5 Å². The number of nitrogens with zero attached hydrogens (tertiary/aromatic N) is 1. The molecule has 1 amide bonds. The van der Waals surface area contributed by atoms with Crippen LogP contribution in [0.1, 0.15) is 29.6 Å². The number of methoxy groups -OCH3 is 1. The number of nitrogens with one attached hydrogen (secondary N) is 1. The lowest BCUT2D eigenvalue weighted by atomic mass is 10.2. The lowest BCUT2D eigenvalue weighted by molar-refractivity contribution is 0.0952. The zero-order valence-corrected chi connectivity index (χ0v) is 11.5. The van der Waals surface area contributed by atoms with Gasteiger partial charge in [0.25, 0.3) is 5.91 Å². The Morgan fingerprint density at radius 2 is 2.24 bits per heavy atom. The van der Waals surface area contributed by atoms with Crippen molar-refractivity contribution in [2.45, 2.75) is 19.3 Å². The monoisotopic (exact) mass is 300 g/mol. The molecule has 0 saturated carbocycles. The fraction of sp³-hybridized carbons (Fsp3) is 0.500. The molecule has 0 unspecified atom stereocenters. The van der Waals surface area contributed by atoms with E-state index in [1.165, 1.54) is 0 Å². The summed E-state index contributed by atoms with van der Waals surface area (Å²) < 4.78 is 5.68. The van der Waals surface area contributed by atoms with Gasteiger partial charge in [0.05, 0.1) is 5.56 Å². The molecule has 1 aromatic rings. The summed E-state index contributed by atoms with van der Waals surface area (Å²) in [4.78, 5) is 15.7. The zero-order valence-electron chi connectivity index (χ0n) is 9.91. The van der Waals surface area contributed by atoms with Gasteiger partial charge in [-0.1, -0.05) is 0 Å². The molecule has 0 fully saturated rings. The molecule has 4 nitrogen and oxygen atoms in total. The number of ether oxygens (including phenoxy) is 1. The maximum absolute atomic E-state index is 11.7. The first kappa shape index (κ1) is 14.1. The number of amides is 1. The first-order valence-electron chi connectivity index (χ1n) is 5.62. The maximum atomic E-state index is 11.7. The highest BCUT2D eigenvalue weighted by molar-refractivity contribution is 9.10. The molecule has 0 bridgehead atoms. The molecule has 0 aromatic carbocycles. The van der Waals surface area contributed by atoms with E-state index in [9.17, 15) is 4.79 Å². The summed E-state index contributed by atoms with van der Waals surface area (Å²) >= 11 is 3.23. The molecule has 17 heavy (non-hydrogen) atoms. The van der Waals surface area contributed by atoms with E-state index in [1.54, 1.807) is 25.4 Å². The number of carbonyl (C=O) groups excluding carboxylic acids is 1. The molecule has 1 heterocycles. The average molecular weight is 301 g/mol. The van der Waals surface area contributed by atoms with Crippen LogP contribution in [0.4, 0.5) is 0 Å². The van der Waals surface area contributed by atoms with Crippen LogP contribution in [0.5, 0.6) is 0 Å². The van der Waals surface area contributed by atoms with E-state index in [2.05, 4.69) is 26.2 Å². The molecular weight excluding hydrogens is 284 g/mol. The molecule has 0 saturated heterocycles. The number of pyridine rings is 1. The molecule has 0 atom stereocenters. The van der Waals surface area contributed by atoms with E-state index >= 15 is 0 Å². The van der Waals surface area contributed by atoms with Crippen LogP contribution in [0, 0.1) is 0 Å². The second kappa shape index (κ2) is 8.20. The predicted octanol–water partition coefficient (Wildman–Crippen LogP) is 2.39. The van der Waals surface area contributed by atoms with Gasteiger partial charge in [-0.25, -0.2) is 4.98 Å². The quantitative estimate of drug-likeness (QED) is 0.621. The Labute approximate surface area is 110 Å². The third-order valence-electron chi connectivity index (χ3n) is 2.30. The second-order valence-electron chi connectivity index (χ2n) is 3.68. The third-order valence-corrected chi connectivity index (χ3v) is 2.77. The molecule has 0 radical (unpaired) electrons. The minimum atomic E-state index is -0.0725. The van der Waals surface area contributed by atoms with Crippen molar-refractivity contribution in [3.63, 3.8) is 0 Å². The first-order valence-corrected chi connectivity index (χ1v) is 6.42. The second-order valence-corrected chi connectivity index (χ2v) is 4.49. The van der Waals surface area contributed by atoms with Gasteiger partial charge in [0.15, 0.2) is 0 Å². The van der Waals surface area contributed by atoms with E-state index in [4.69, 9.17) is 4.74 Å². The van der Waals surface area contributed by atoms with E-state index in [0.717, 1.165) is 30.5 Å². The summed E-state index contributed by atoms with van der Waals surface area (Å²) in [6.45, 7) is 1.48. The Balaban J connectivity index is 2.19. The highest BCUT2D eigenvalue weighted by Crippen LogP contribution is 2.06. The Hall–Kier alpha value is -0.940. The van der Waals surface area contributed by atoms with E-state index in [0.29, 0.717) is 12.1 Å². The summed E-state index contributed by atoms with van der Waals surface area (Å²) in [5.74, 6) is -0.0725. The number of rotatable bonds is 7. The normalized spacial score (nSPS) is 10.2. The van der Waals surface area contributed by atoms with Crippen molar-refractivity contribution in [2.75, 3.05) is 20.3 Å². The number of hydrogen-bond donors (Lipinski definition) is 1. The van der Waals surface area contributed by atoms with Gasteiger partial charge >= 0.3 is 0 Å². The summed E-state index contributed by atoms with van der Waals surface area (Å²) in [7, 11) is 1.70. The van der Waals surface area contributed by atoms with Crippen LogP contribution in [0.3, 0.4) is 0 Å². The lowest BCUT2D eigenvalue weighted by Crippen LogP contribution is -2.24. The Bertz CT molecular complexity index is 341. The molecule has 1 aromatic heterocycles. The minimum absolute atomic E-state index is 0.0725. The largest absolute Gasteiger partial charge is 0.385 e. The van der Waals surface area contributed by atoms with E-state index in [1.807, 2.05) is 0 Å². The fourth-order valence-corrected chi connectivity index (χ4v) is 1.60. The number of halogens is 1. The van der Waals surface area contributed by atoms with Crippen LogP contribution < -0.4 is 5.32 Å². The SMILES string of the molecule is COCCCCCNC(=O)c1ccc(Br)nc1. The molecule has 5 heteroatoms. The van der Waals surface area contributed by atoms with E-state index in [-0.39, 0.29) is 5.91 Å². The summed E-state index contributed by atoms with van der Waals surface area (Å²) in [6.07, 6.45) is 4.63. The fourth-order valence-electron chi connectivity index (χ4n) is 1.36. The number of carbonyl (C=O) groups is 1. The van der Waals surface area contributed by atoms with Crippen LogP contribution >= 0.6 is 15.9 Å². The molecule has 1 rings (SSSR count). The molecular formula is C12H17BrN2O2. The number of aromatic nitrogens is 1. The molecule has 0 aliphatic carbocycles. The summed E-state index contributed by atoms with van der Waals surface area (Å²) in [6, 6.07) is 3.50. The Morgan fingerprint density at radius 3 is 2.88 bits per heavy atom. The zero-order chi connectivity index (χ0) is 12.5. The van der Waals surface area contributed by atoms with Crippen LogP contribution in [-0.4, -0.2) is 31.2 Å². The first-order chi connectivity index (χ1) is 8.24. The van der Waals surface area contributed by atoms with E-state index < -0.39 is 0 Å². The van der Waals surface area contributed by atoms with Crippen molar-refractivity contribution < 1.29 is 9.53 Å². The van der Waals surface area contributed by atoms with Gasteiger partial charge in [0.1, 0.15) is 4.60 Å². The number of unbranched alkanes of at least 4 members (excludes halogenated alkanes) is 2. The molecule has 94 valence electrons. The van der Waals surface area contributed by atoms with Gasteiger partial charge in [-0.05, 0) is 47.3 Å². The minimum Gasteiger partial charge on any atom is -0.385 e. The van der Waals surface area contributed by atoms with Gasteiger partial charge < -0.3 is 10.1 Å². The maximum Gasteiger partial charge on any atom is 0.252 e.